The molecule has 12 heteroatoms. The van der Waals surface area contributed by atoms with Crippen molar-refractivity contribution in [2.75, 3.05) is 0 Å². The van der Waals surface area contributed by atoms with Gasteiger partial charge in [-0.2, -0.15) is 0 Å². The highest BCUT2D eigenvalue weighted by Gasteiger charge is 2.32. The Kier molecular flexibility index (Phi) is 8.87. The van der Waals surface area contributed by atoms with E-state index < -0.39 is 23.9 Å². The minimum Gasteiger partial charge on any atom is -0.478 e. The van der Waals surface area contributed by atoms with Crippen LogP contribution in [0.1, 0.15) is 63.7 Å². The van der Waals surface area contributed by atoms with E-state index in [1.54, 1.807) is 97.1 Å². The van der Waals surface area contributed by atoms with E-state index in [-0.39, 0.29) is 22.3 Å². The maximum absolute atomic E-state index is 11.5. The average molecular weight is 685 g/mol. The highest BCUT2D eigenvalue weighted by Crippen LogP contribution is 2.66. The Balaban J connectivity index is 1.41. The summed E-state index contributed by atoms with van der Waals surface area (Å²) >= 11 is 6.12. The van der Waals surface area contributed by atoms with E-state index in [0.29, 0.717) is 0 Å². The van der Waals surface area contributed by atoms with Crippen LogP contribution in [0.2, 0.25) is 0 Å². The Hall–Kier alpha value is -4.62. The predicted molar refractivity (Wildman–Crippen MR) is 185 cm³/mol. The maximum Gasteiger partial charge on any atom is 0.335 e. The highest BCUT2D eigenvalue weighted by molar-refractivity contribution is 8.39. The number of benzene rings is 4. The SMILES string of the molecule is O=C(O)c1ccc(C2=C(c3ccc(C(=O)O)cc3)SC(=C3SC(c4ccc(C(=O)O)cc4)=C(c4ccc(C(=O)O)cc4)S3)S2)cc1. The third-order valence-corrected chi connectivity index (χ3v) is 12.8. The Labute approximate surface area is 278 Å². The molecule has 46 heavy (non-hydrogen) atoms. The second kappa shape index (κ2) is 13.0. The number of carbonyl (C=O) groups is 4. The molecule has 0 saturated heterocycles. The molecule has 0 radical (unpaired) electrons. The summed E-state index contributed by atoms with van der Waals surface area (Å²) in [5, 5.41) is 37.6. The average Bonchev–Trinajstić information content (AvgIpc) is 3.71. The van der Waals surface area contributed by atoms with Crippen molar-refractivity contribution in [3.63, 3.8) is 0 Å². The monoisotopic (exact) mass is 684 g/mol. The third kappa shape index (κ3) is 6.38. The summed E-state index contributed by atoms with van der Waals surface area (Å²) in [4.78, 5) is 49.5. The van der Waals surface area contributed by atoms with Crippen molar-refractivity contribution in [1.82, 2.24) is 0 Å². The van der Waals surface area contributed by atoms with Gasteiger partial charge >= 0.3 is 23.9 Å². The van der Waals surface area contributed by atoms with Gasteiger partial charge in [-0.25, -0.2) is 19.2 Å². The zero-order valence-corrected chi connectivity index (χ0v) is 26.6. The van der Waals surface area contributed by atoms with Gasteiger partial charge in [0.2, 0.25) is 0 Å². The molecule has 0 atom stereocenters. The van der Waals surface area contributed by atoms with Crippen LogP contribution in [0.5, 0.6) is 0 Å². The number of hydrogen-bond donors (Lipinski definition) is 4. The van der Waals surface area contributed by atoms with E-state index in [1.807, 2.05) is 0 Å². The predicted octanol–water partition coefficient (Wildman–Crippen LogP) is 8.92. The Morgan fingerprint density at radius 1 is 0.326 bits per heavy atom. The van der Waals surface area contributed by atoms with Crippen LogP contribution in [0.25, 0.3) is 19.6 Å². The summed E-state index contributed by atoms with van der Waals surface area (Å²) in [6.07, 6.45) is 0. The van der Waals surface area contributed by atoms with Gasteiger partial charge in [0.25, 0.3) is 0 Å². The van der Waals surface area contributed by atoms with Crippen LogP contribution in [0.15, 0.2) is 106 Å². The van der Waals surface area contributed by atoms with Gasteiger partial charge in [-0.3, -0.25) is 0 Å². The smallest absolute Gasteiger partial charge is 0.335 e. The van der Waals surface area contributed by atoms with E-state index in [4.69, 9.17) is 0 Å². The van der Waals surface area contributed by atoms with Crippen LogP contribution in [0.4, 0.5) is 0 Å². The first-order valence-electron chi connectivity index (χ1n) is 13.4. The number of aromatic carboxylic acids is 4. The standard InChI is InChI=1S/C34H20O8S4/c35-29(36)21-9-1-17(2-10-21)25-26(18-3-11-22(12-4-18)30(37)38)44-33(43-25)34-45-27(19-5-13-23(14-6-19)31(39)40)28(46-34)20-7-15-24(16-8-20)32(41)42/h1-16H,(H,35,36)(H,37,38)(H,39,40)(H,41,42). The van der Waals surface area contributed by atoms with Gasteiger partial charge in [0, 0.05) is 19.6 Å². The lowest BCUT2D eigenvalue weighted by atomic mass is 10.1. The second-order valence-electron chi connectivity index (χ2n) is 9.83. The zero-order chi connectivity index (χ0) is 32.5. The first-order chi connectivity index (χ1) is 22.1. The van der Waals surface area contributed by atoms with Crippen molar-refractivity contribution in [1.29, 1.82) is 0 Å². The molecule has 0 bridgehead atoms. The Morgan fingerprint density at radius 2 is 0.500 bits per heavy atom. The maximum atomic E-state index is 11.5. The highest BCUT2D eigenvalue weighted by atomic mass is 32.2. The van der Waals surface area contributed by atoms with Crippen molar-refractivity contribution in [2.24, 2.45) is 0 Å². The van der Waals surface area contributed by atoms with Crippen molar-refractivity contribution in [3.8, 4) is 0 Å². The van der Waals surface area contributed by atoms with E-state index in [2.05, 4.69) is 0 Å². The van der Waals surface area contributed by atoms with Gasteiger partial charge in [0.05, 0.1) is 30.7 Å². The molecule has 0 amide bonds. The lowest BCUT2D eigenvalue weighted by Gasteiger charge is -2.07. The molecule has 228 valence electrons. The molecule has 0 unspecified atom stereocenters. The second-order valence-corrected chi connectivity index (χ2v) is 14.4. The largest absolute Gasteiger partial charge is 0.478 e. The molecule has 4 aromatic carbocycles. The van der Waals surface area contributed by atoms with Crippen molar-refractivity contribution >= 4 is 90.5 Å². The number of rotatable bonds is 8. The van der Waals surface area contributed by atoms with Crippen LogP contribution < -0.4 is 0 Å². The molecule has 2 heterocycles. The van der Waals surface area contributed by atoms with Crippen molar-refractivity contribution in [3.05, 3.63) is 150 Å². The van der Waals surface area contributed by atoms with Crippen LogP contribution in [0, 0.1) is 0 Å². The zero-order valence-electron chi connectivity index (χ0n) is 23.3. The minimum atomic E-state index is -1.03. The summed E-state index contributed by atoms with van der Waals surface area (Å²) < 4.78 is 1.92. The molecule has 4 N–H and O–H groups in total. The van der Waals surface area contributed by atoms with Crippen molar-refractivity contribution < 1.29 is 39.6 Å². The fourth-order valence-electron chi connectivity index (χ4n) is 4.58. The molecule has 2 aliphatic heterocycles. The summed E-state index contributed by atoms with van der Waals surface area (Å²) in [5.74, 6) is -4.12. The number of carboxylic acids is 4. The van der Waals surface area contributed by atoms with Crippen molar-refractivity contribution in [2.45, 2.75) is 0 Å². The molecule has 0 spiro atoms. The van der Waals surface area contributed by atoms with Gasteiger partial charge in [-0.1, -0.05) is 95.6 Å². The lowest BCUT2D eigenvalue weighted by Crippen LogP contribution is -1.96. The van der Waals surface area contributed by atoms with Crippen LogP contribution in [0.3, 0.4) is 0 Å². The van der Waals surface area contributed by atoms with Gasteiger partial charge in [-0.05, 0) is 70.8 Å². The van der Waals surface area contributed by atoms with E-state index in [0.717, 1.165) is 50.3 Å². The summed E-state index contributed by atoms with van der Waals surface area (Å²) in [7, 11) is 0. The molecular formula is C34H20O8S4. The Morgan fingerprint density at radius 3 is 0.652 bits per heavy atom. The number of carboxylic acid groups (broad SMARTS) is 4. The summed E-state index contributed by atoms with van der Waals surface area (Å²) in [6, 6.07) is 26.4. The van der Waals surface area contributed by atoms with Crippen LogP contribution in [-0.2, 0) is 0 Å². The molecule has 0 fully saturated rings. The van der Waals surface area contributed by atoms with E-state index >= 15 is 0 Å². The normalized spacial score (nSPS) is 14.6. The van der Waals surface area contributed by atoms with Crippen LogP contribution >= 0.6 is 47.0 Å². The van der Waals surface area contributed by atoms with Gasteiger partial charge in [-0.15, -0.1) is 0 Å². The van der Waals surface area contributed by atoms with Gasteiger partial charge < -0.3 is 20.4 Å². The fraction of sp³-hybridized carbons (Fsp3) is 0. The Bertz CT molecular complexity index is 1720. The van der Waals surface area contributed by atoms with Gasteiger partial charge in [0.1, 0.15) is 0 Å². The number of hydrogen-bond acceptors (Lipinski definition) is 8. The van der Waals surface area contributed by atoms with E-state index in [9.17, 15) is 39.6 Å². The molecule has 2 aliphatic rings. The summed E-state index contributed by atoms with van der Waals surface area (Å²) in [5.41, 5.74) is 3.89. The topological polar surface area (TPSA) is 149 Å². The minimum absolute atomic E-state index is 0.161. The molecule has 0 saturated carbocycles. The summed E-state index contributed by atoms with van der Waals surface area (Å²) in [6.45, 7) is 0. The fourth-order valence-corrected chi connectivity index (χ4v) is 10.3. The molecule has 0 aliphatic carbocycles. The lowest BCUT2D eigenvalue weighted by molar-refractivity contribution is 0.0686. The molecular weight excluding hydrogens is 665 g/mol. The van der Waals surface area contributed by atoms with Gasteiger partial charge in [0.15, 0.2) is 0 Å². The molecule has 0 aromatic heterocycles. The first-order valence-corrected chi connectivity index (χ1v) is 16.6. The third-order valence-electron chi connectivity index (χ3n) is 6.93. The molecule has 8 nitrogen and oxygen atoms in total. The number of thioether (sulfide) groups is 4. The quantitative estimate of drug-likeness (QED) is 0.140. The molecule has 4 aromatic rings. The van der Waals surface area contributed by atoms with E-state index in [1.165, 1.54) is 47.0 Å². The van der Waals surface area contributed by atoms with Crippen LogP contribution in [-0.4, -0.2) is 44.3 Å². The molecule has 6 rings (SSSR count). The first kappa shape index (κ1) is 31.4.